The van der Waals surface area contributed by atoms with Gasteiger partial charge in [-0.05, 0) is 44.6 Å². The highest BCUT2D eigenvalue weighted by Crippen LogP contribution is 2.23. The highest BCUT2D eigenvalue weighted by molar-refractivity contribution is 5.82. The summed E-state index contributed by atoms with van der Waals surface area (Å²) in [4.78, 5) is 27.8. The van der Waals surface area contributed by atoms with Crippen LogP contribution in [0.4, 0.5) is 0 Å². The van der Waals surface area contributed by atoms with Crippen molar-refractivity contribution in [1.82, 2.24) is 9.80 Å². The van der Waals surface area contributed by atoms with Crippen molar-refractivity contribution in [2.75, 3.05) is 33.8 Å². The van der Waals surface area contributed by atoms with Gasteiger partial charge >= 0.3 is 5.63 Å². The van der Waals surface area contributed by atoms with Crippen LogP contribution in [0.2, 0.25) is 0 Å². The van der Waals surface area contributed by atoms with Crippen molar-refractivity contribution in [1.29, 1.82) is 0 Å². The summed E-state index contributed by atoms with van der Waals surface area (Å²) in [6, 6.07) is 6.68. The first-order chi connectivity index (χ1) is 12.9. The maximum atomic E-state index is 12.5. The zero-order chi connectivity index (χ0) is 19.6. The first-order valence-corrected chi connectivity index (χ1v) is 9.21. The summed E-state index contributed by atoms with van der Waals surface area (Å²) < 4.78 is 10.9. The van der Waals surface area contributed by atoms with Gasteiger partial charge in [0.1, 0.15) is 11.3 Å². The second-order valence-electron chi connectivity index (χ2n) is 7.12. The molecule has 0 bridgehead atoms. The van der Waals surface area contributed by atoms with Crippen LogP contribution >= 0.6 is 0 Å². The SMILES string of the molecule is CCc1cc(=O)oc2cc(OCC(=O)N3CC[C@H](O)[C@@H](N(C)C)C3)ccc12. The molecule has 1 aromatic carbocycles. The van der Waals surface area contributed by atoms with Gasteiger partial charge in [-0.1, -0.05) is 6.92 Å². The second-order valence-corrected chi connectivity index (χ2v) is 7.12. The van der Waals surface area contributed by atoms with Crippen molar-refractivity contribution < 1.29 is 19.1 Å². The number of aryl methyl sites for hydroxylation is 1. The standard InChI is InChI=1S/C20H26N2O5/c1-4-13-9-20(25)27-18-10-14(5-6-15(13)18)26-12-19(24)22-8-7-17(23)16(11-22)21(2)3/h5-6,9-10,16-17,23H,4,7-8,11-12H2,1-3H3/t16-,17-/m0/s1. The lowest BCUT2D eigenvalue weighted by atomic mass is 10.0. The number of ether oxygens (including phenoxy) is 1. The summed E-state index contributed by atoms with van der Waals surface area (Å²) in [6.07, 6.45) is 0.852. The van der Waals surface area contributed by atoms with Crippen molar-refractivity contribution in [3.8, 4) is 5.75 Å². The Hall–Kier alpha value is -2.38. The minimum atomic E-state index is -0.430. The van der Waals surface area contributed by atoms with Crippen LogP contribution in [0.1, 0.15) is 18.9 Å². The van der Waals surface area contributed by atoms with Gasteiger partial charge in [-0.2, -0.15) is 0 Å². The molecule has 0 radical (unpaired) electrons. The summed E-state index contributed by atoms with van der Waals surface area (Å²) in [5.74, 6) is 0.353. The molecule has 146 valence electrons. The molecule has 1 aromatic heterocycles. The minimum absolute atomic E-state index is 0.0786. The number of piperidine rings is 1. The summed E-state index contributed by atoms with van der Waals surface area (Å²) in [5, 5.41) is 10.9. The van der Waals surface area contributed by atoms with Crippen molar-refractivity contribution in [3.05, 3.63) is 40.2 Å². The van der Waals surface area contributed by atoms with Crippen LogP contribution in [0.25, 0.3) is 11.0 Å². The number of likely N-dealkylation sites (tertiary alicyclic amines) is 1. The van der Waals surface area contributed by atoms with E-state index in [1.54, 1.807) is 17.0 Å². The Morgan fingerprint density at radius 2 is 2.15 bits per heavy atom. The number of hydrogen-bond donors (Lipinski definition) is 1. The molecular weight excluding hydrogens is 348 g/mol. The van der Waals surface area contributed by atoms with E-state index >= 15 is 0 Å². The van der Waals surface area contributed by atoms with Crippen LogP contribution < -0.4 is 10.4 Å². The fourth-order valence-electron chi connectivity index (χ4n) is 3.48. The van der Waals surface area contributed by atoms with Gasteiger partial charge in [0.05, 0.1) is 12.1 Å². The van der Waals surface area contributed by atoms with E-state index < -0.39 is 11.7 Å². The van der Waals surface area contributed by atoms with E-state index in [9.17, 15) is 14.7 Å². The van der Waals surface area contributed by atoms with E-state index in [0.29, 0.717) is 30.8 Å². The molecule has 0 spiro atoms. The van der Waals surface area contributed by atoms with Gasteiger partial charge in [-0.25, -0.2) is 4.79 Å². The van der Waals surface area contributed by atoms with Gasteiger partial charge < -0.3 is 24.1 Å². The number of rotatable bonds is 5. The van der Waals surface area contributed by atoms with Gasteiger partial charge in [0.2, 0.25) is 0 Å². The molecule has 2 atom stereocenters. The molecule has 1 aliphatic heterocycles. The van der Waals surface area contributed by atoms with E-state index in [-0.39, 0.29) is 18.6 Å². The summed E-state index contributed by atoms with van der Waals surface area (Å²) in [7, 11) is 3.79. The fourth-order valence-corrected chi connectivity index (χ4v) is 3.48. The molecule has 0 aliphatic carbocycles. The van der Waals surface area contributed by atoms with Crippen molar-refractivity contribution >= 4 is 16.9 Å². The predicted octanol–water partition coefficient (Wildman–Crippen LogP) is 1.26. The van der Waals surface area contributed by atoms with Gasteiger partial charge in [0.15, 0.2) is 6.61 Å². The number of fused-ring (bicyclic) bond motifs is 1. The molecule has 1 saturated heterocycles. The molecular formula is C20H26N2O5. The van der Waals surface area contributed by atoms with E-state index in [0.717, 1.165) is 17.4 Å². The minimum Gasteiger partial charge on any atom is -0.484 e. The lowest BCUT2D eigenvalue weighted by molar-refractivity contribution is -0.137. The van der Waals surface area contributed by atoms with Gasteiger partial charge in [0, 0.05) is 30.6 Å². The first-order valence-electron chi connectivity index (χ1n) is 9.21. The predicted molar refractivity (Wildman–Crippen MR) is 102 cm³/mol. The smallest absolute Gasteiger partial charge is 0.336 e. The average molecular weight is 374 g/mol. The van der Waals surface area contributed by atoms with Crippen LogP contribution in [-0.4, -0.2) is 66.8 Å². The van der Waals surface area contributed by atoms with Crippen molar-refractivity contribution in [2.24, 2.45) is 0 Å². The topological polar surface area (TPSA) is 83.2 Å². The van der Waals surface area contributed by atoms with E-state index in [2.05, 4.69) is 0 Å². The van der Waals surface area contributed by atoms with Crippen molar-refractivity contribution in [3.63, 3.8) is 0 Å². The number of carbonyl (C=O) groups is 1. The Labute approximate surface area is 158 Å². The largest absolute Gasteiger partial charge is 0.484 e. The number of aliphatic hydroxyl groups is 1. The molecule has 27 heavy (non-hydrogen) atoms. The molecule has 0 unspecified atom stereocenters. The maximum Gasteiger partial charge on any atom is 0.336 e. The molecule has 1 amide bonds. The molecule has 7 nitrogen and oxygen atoms in total. The van der Waals surface area contributed by atoms with Crippen LogP contribution in [0.5, 0.6) is 5.75 Å². The van der Waals surface area contributed by atoms with E-state index in [4.69, 9.17) is 9.15 Å². The monoisotopic (exact) mass is 374 g/mol. The first kappa shape index (κ1) is 19.4. The summed E-state index contributed by atoms with van der Waals surface area (Å²) >= 11 is 0. The van der Waals surface area contributed by atoms with E-state index in [1.165, 1.54) is 6.07 Å². The Kier molecular flexibility index (Phi) is 5.82. The number of carbonyl (C=O) groups excluding carboxylic acids is 1. The second kappa shape index (κ2) is 8.10. The molecule has 0 saturated carbocycles. The zero-order valence-electron chi connectivity index (χ0n) is 16.0. The third kappa shape index (κ3) is 4.31. The van der Waals surface area contributed by atoms with E-state index in [1.807, 2.05) is 32.0 Å². The molecule has 7 heteroatoms. The fraction of sp³-hybridized carbons (Fsp3) is 0.500. The average Bonchev–Trinajstić information content (AvgIpc) is 2.65. The van der Waals surface area contributed by atoms with Gasteiger partial charge in [-0.3, -0.25) is 4.79 Å². The number of benzene rings is 1. The molecule has 1 N–H and O–H groups in total. The Morgan fingerprint density at radius 3 is 2.85 bits per heavy atom. The lowest BCUT2D eigenvalue weighted by Crippen LogP contribution is -2.55. The van der Waals surface area contributed by atoms with Crippen LogP contribution in [0.15, 0.2) is 33.5 Å². The maximum absolute atomic E-state index is 12.5. The molecule has 2 aromatic rings. The highest BCUT2D eigenvalue weighted by Gasteiger charge is 2.31. The Balaban J connectivity index is 1.67. The lowest BCUT2D eigenvalue weighted by Gasteiger charge is -2.39. The Morgan fingerprint density at radius 1 is 1.37 bits per heavy atom. The van der Waals surface area contributed by atoms with Crippen LogP contribution in [0.3, 0.4) is 0 Å². The van der Waals surface area contributed by atoms with Gasteiger partial charge in [-0.15, -0.1) is 0 Å². The number of amides is 1. The summed E-state index contributed by atoms with van der Waals surface area (Å²) in [6.45, 7) is 2.87. The van der Waals surface area contributed by atoms with Gasteiger partial charge in [0.25, 0.3) is 5.91 Å². The molecule has 1 aliphatic rings. The quantitative estimate of drug-likeness (QED) is 0.794. The van der Waals surface area contributed by atoms with Crippen LogP contribution in [0, 0.1) is 0 Å². The molecule has 1 fully saturated rings. The number of likely N-dealkylation sites (N-methyl/N-ethyl adjacent to an activating group) is 1. The number of aliphatic hydroxyl groups excluding tert-OH is 1. The summed E-state index contributed by atoms with van der Waals surface area (Å²) in [5.41, 5.74) is 0.984. The highest BCUT2D eigenvalue weighted by atomic mass is 16.5. The third-order valence-corrected chi connectivity index (χ3v) is 5.11. The van der Waals surface area contributed by atoms with Crippen LogP contribution in [-0.2, 0) is 11.2 Å². The normalized spacial score (nSPS) is 20.3. The molecule has 3 rings (SSSR count). The van der Waals surface area contributed by atoms with Crippen molar-refractivity contribution in [2.45, 2.75) is 31.9 Å². The third-order valence-electron chi connectivity index (χ3n) is 5.11. The number of nitrogens with zero attached hydrogens (tertiary/aromatic N) is 2. The molecule has 2 heterocycles. The number of hydrogen-bond acceptors (Lipinski definition) is 6. The Bertz CT molecular complexity index is 876. The zero-order valence-corrected chi connectivity index (χ0v) is 16.0.